The van der Waals surface area contributed by atoms with Crippen LogP contribution in [-0.2, 0) is 14.5 Å². The molecule has 0 aliphatic carbocycles. The summed E-state index contributed by atoms with van der Waals surface area (Å²) in [5.41, 5.74) is 0.650. The minimum atomic E-state index is -1.08. The van der Waals surface area contributed by atoms with E-state index in [0.29, 0.717) is 11.3 Å². The molecule has 2 atom stereocenters. The molecule has 0 aromatic heterocycles. The summed E-state index contributed by atoms with van der Waals surface area (Å²) in [4.78, 5) is 23.5. The first-order chi connectivity index (χ1) is 13.8. The van der Waals surface area contributed by atoms with Gasteiger partial charge in [0.2, 0.25) is 5.91 Å². The van der Waals surface area contributed by atoms with Crippen LogP contribution in [0.2, 0.25) is 0 Å². The fourth-order valence-electron chi connectivity index (χ4n) is 3.83. The van der Waals surface area contributed by atoms with Crippen molar-refractivity contribution >= 4 is 28.5 Å². The van der Waals surface area contributed by atoms with Crippen LogP contribution in [0.3, 0.4) is 0 Å². The molecule has 150 valence electrons. The molecule has 0 saturated carbocycles. The van der Waals surface area contributed by atoms with Gasteiger partial charge < -0.3 is 9.53 Å². The van der Waals surface area contributed by atoms with Gasteiger partial charge in [0.15, 0.2) is 4.87 Å². The lowest BCUT2D eigenvalue weighted by atomic mass is 9.85. The fourth-order valence-corrected chi connectivity index (χ4v) is 5.37. The number of halogens is 2. The molecule has 2 aromatic rings. The number of ether oxygens (including phenoxy) is 1. The van der Waals surface area contributed by atoms with Crippen LogP contribution >= 0.6 is 11.8 Å². The van der Waals surface area contributed by atoms with Crippen LogP contribution in [0.25, 0.3) is 0 Å². The van der Waals surface area contributed by atoms with E-state index in [4.69, 9.17) is 4.74 Å². The molecule has 0 fully saturated rings. The second-order valence-electron chi connectivity index (χ2n) is 7.07. The number of ketones is 1. The van der Waals surface area contributed by atoms with E-state index in [-0.39, 0.29) is 35.3 Å². The summed E-state index contributed by atoms with van der Waals surface area (Å²) in [6, 6.07) is 10.3. The fraction of sp³-hybridized carbons (Fsp3) is 0.286. The predicted octanol–water partition coefficient (Wildman–Crippen LogP) is 4.06. The molecule has 0 bridgehead atoms. The highest BCUT2D eigenvalue weighted by molar-refractivity contribution is 8.15. The molecule has 29 heavy (non-hydrogen) atoms. The van der Waals surface area contributed by atoms with Crippen molar-refractivity contribution in [3.63, 3.8) is 0 Å². The average Bonchev–Trinajstić information content (AvgIpc) is 3.07. The lowest BCUT2D eigenvalue weighted by molar-refractivity contribution is -0.136. The molecule has 0 N–H and O–H groups in total. The number of nitrogens with zero attached hydrogens (tertiary/aromatic N) is 2. The Labute approximate surface area is 170 Å². The van der Waals surface area contributed by atoms with Gasteiger partial charge in [-0.2, -0.15) is 5.10 Å². The number of hydrazone groups is 1. The third-order valence-corrected chi connectivity index (χ3v) is 6.55. The Hall–Kier alpha value is -2.74. The van der Waals surface area contributed by atoms with Crippen LogP contribution in [0.1, 0.15) is 31.4 Å². The molecule has 2 unspecified atom stereocenters. The summed E-state index contributed by atoms with van der Waals surface area (Å²) in [5, 5.41) is 5.85. The lowest BCUT2D eigenvalue weighted by Gasteiger charge is -2.44. The molecular formula is C21H18F2N2O3S. The first kappa shape index (κ1) is 19.6. The van der Waals surface area contributed by atoms with Crippen LogP contribution in [0.15, 0.2) is 47.6 Å². The number of amides is 1. The Morgan fingerprint density at radius 3 is 2.72 bits per heavy atom. The van der Waals surface area contributed by atoms with Crippen LogP contribution in [0.4, 0.5) is 8.78 Å². The Kier molecular flexibility index (Phi) is 4.90. The number of hydrogen-bond acceptors (Lipinski definition) is 5. The van der Waals surface area contributed by atoms with Gasteiger partial charge in [-0.1, -0.05) is 30.0 Å². The third-order valence-electron chi connectivity index (χ3n) is 5.02. The highest BCUT2D eigenvalue weighted by Gasteiger charge is 2.56. The number of fused-ring (bicyclic) bond motifs is 2. The number of Topliss-reactive ketones (excluding diaryl/α,β-unsaturated/α-hetero) is 1. The van der Waals surface area contributed by atoms with Crippen molar-refractivity contribution in [1.29, 1.82) is 0 Å². The van der Waals surface area contributed by atoms with Gasteiger partial charge in [-0.3, -0.25) is 4.79 Å². The molecule has 0 saturated heterocycles. The van der Waals surface area contributed by atoms with Gasteiger partial charge in [0.25, 0.3) is 0 Å². The predicted molar refractivity (Wildman–Crippen MR) is 105 cm³/mol. The highest BCUT2D eigenvalue weighted by atomic mass is 32.2. The number of hydrogen-bond donors (Lipinski definition) is 0. The highest BCUT2D eigenvalue weighted by Crippen LogP contribution is 2.57. The number of carbonyl (C=O) groups excluding carboxylic acids is 2. The Morgan fingerprint density at radius 1 is 1.24 bits per heavy atom. The van der Waals surface area contributed by atoms with Crippen molar-refractivity contribution in [3.05, 3.63) is 65.2 Å². The van der Waals surface area contributed by atoms with E-state index in [1.54, 1.807) is 12.1 Å². The number of para-hydroxylation sites is 1. The quantitative estimate of drug-likeness (QED) is 0.757. The molecule has 4 rings (SSSR count). The molecule has 1 amide bonds. The summed E-state index contributed by atoms with van der Waals surface area (Å²) >= 11 is 1.16. The lowest BCUT2D eigenvalue weighted by Crippen LogP contribution is -2.51. The maximum atomic E-state index is 14.5. The minimum Gasteiger partial charge on any atom is -0.493 e. The SMILES string of the molecule is CC(=O)CC1COc2ccccc2C12SC(c1cc(F)ccc1F)=NN2C(C)=O. The molecule has 1 spiro atoms. The number of carbonyl (C=O) groups is 2. The van der Waals surface area contributed by atoms with Gasteiger partial charge in [-0.15, -0.1) is 0 Å². The maximum Gasteiger partial charge on any atom is 0.241 e. The van der Waals surface area contributed by atoms with E-state index < -0.39 is 22.4 Å². The zero-order valence-corrected chi connectivity index (χ0v) is 16.6. The molecule has 8 heteroatoms. The van der Waals surface area contributed by atoms with E-state index in [1.165, 1.54) is 18.9 Å². The molecule has 0 radical (unpaired) electrons. The second kappa shape index (κ2) is 7.26. The molecule has 2 heterocycles. The third kappa shape index (κ3) is 3.21. The summed E-state index contributed by atoms with van der Waals surface area (Å²) in [7, 11) is 0. The summed E-state index contributed by atoms with van der Waals surface area (Å²) in [6.07, 6.45) is 0.152. The van der Waals surface area contributed by atoms with Crippen molar-refractivity contribution in [2.24, 2.45) is 11.0 Å². The first-order valence-electron chi connectivity index (χ1n) is 9.08. The van der Waals surface area contributed by atoms with Crippen molar-refractivity contribution in [2.45, 2.75) is 25.1 Å². The van der Waals surface area contributed by atoms with Gasteiger partial charge in [0, 0.05) is 30.4 Å². The van der Waals surface area contributed by atoms with Crippen LogP contribution in [0, 0.1) is 17.6 Å². The second-order valence-corrected chi connectivity index (χ2v) is 8.28. The van der Waals surface area contributed by atoms with Crippen molar-refractivity contribution < 1.29 is 23.1 Å². The molecule has 5 nitrogen and oxygen atoms in total. The van der Waals surface area contributed by atoms with E-state index in [9.17, 15) is 18.4 Å². The molecule has 2 aliphatic heterocycles. The smallest absolute Gasteiger partial charge is 0.241 e. The number of rotatable bonds is 3. The normalized spacial score (nSPS) is 22.8. The maximum absolute atomic E-state index is 14.5. The zero-order chi connectivity index (χ0) is 20.8. The molecule has 2 aliphatic rings. The van der Waals surface area contributed by atoms with Crippen LogP contribution < -0.4 is 4.74 Å². The van der Waals surface area contributed by atoms with Gasteiger partial charge >= 0.3 is 0 Å². The molecule has 2 aromatic carbocycles. The molecular weight excluding hydrogens is 398 g/mol. The van der Waals surface area contributed by atoms with Crippen molar-refractivity contribution in [3.8, 4) is 5.75 Å². The standard InChI is InChI=1S/C21H18F2N2O3S/c1-12(26)9-14-11-28-19-6-4-3-5-17(19)21(14)25(13(2)27)24-20(29-21)16-10-15(22)7-8-18(16)23/h3-8,10,14H,9,11H2,1-2H3. The van der Waals surface area contributed by atoms with Gasteiger partial charge in [0.05, 0.1) is 6.61 Å². The number of thioether (sulfide) groups is 1. The Morgan fingerprint density at radius 2 is 2.00 bits per heavy atom. The van der Waals surface area contributed by atoms with Crippen LogP contribution in [-0.4, -0.2) is 28.3 Å². The summed E-state index contributed by atoms with van der Waals surface area (Å²) < 4.78 is 34.1. The van der Waals surface area contributed by atoms with E-state index in [0.717, 1.165) is 30.0 Å². The van der Waals surface area contributed by atoms with E-state index in [1.807, 2.05) is 12.1 Å². The Balaban J connectivity index is 1.90. The van der Waals surface area contributed by atoms with Crippen LogP contribution in [0.5, 0.6) is 5.75 Å². The van der Waals surface area contributed by atoms with Crippen molar-refractivity contribution in [2.75, 3.05) is 6.61 Å². The minimum absolute atomic E-state index is 0.0244. The van der Waals surface area contributed by atoms with Gasteiger partial charge in [-0.05, 0) is 31.2 Å². The van der Waals surface area contributed by atoms with Gasteiger partial charge in [-0.25, -0.2) is 13.8 Å². The van der Waals surface area contributed by atoms with E-state index in [2.05, 4.69) is 5.10 Å². The van der Waals surface area contributed by atoms with Crippen molar-refractivity contribution in [1.82, 2.24) is 5.01 Å². The largest absolute Gasteiger partial charge is 0.493 e. The first-order valence-corrected chi connectivity index (χ1v) is 9.90. The zero-order valence-electron chi connectivity index (χ0n) is 15.8. The summed E-state index contributed by atoms with van der Waals surface area (Å²) in [5.74, 6) is -1.51. The van der Waals surface area contributed by atoms with E-state index >= 15 is 0 Å². The topological polar surface area (TPSA) is 59.0 Å². The summed E-state index contributed by atoms with van der Waals surface area (Å²) in [6.45, 7) is 3.03. The monoisotopic (exact) mass is 416 g/mol. The van der Waals surface area contributed by atoms with Gasteiger partial charge in [0.1, 0.15) is 28.2 Å². The average molecular weight is 416 g/mol. The number of benzene rings is 2. The Bertz CT molecular complexity index is 1040.